The molecular weight excluding hydrogens is 266 g/mol. The number of nitrogens with two attached hydrogens (primary N) is 1. The zero-order valence-electron chi connectivity index (χ0n) is 8.65. The van der Waals surface area contributed by atoms with Crippen LogP contribution in [0.3, 0.4) is 0 Å². The Morgan fingerprint density at radius 3 is 2.71 bits per heavy atom. The first-order chi connectivity index (χ1) is 7.99. The van der Waals surface area contributed by atoms with Crippen LogP contribution in [0.1, 0.15) is 6.42 Å². The minimum absolute atomic E-state index is 0.0569. The van der Waals surface area contributed by atoms with Gasteiger partial charge in [-0.3, -0.25) is 4.79 Å². The Morgan fingerprint density at radius 2 is 2.12 bits per heavy atom. The number of carbonyl (C=O) groups excluding carboxylic acids is 1. The van der Waals surface area contributed by atoms with Gasteiger partial charge in [0.1, 0.15) is 0 Å². The molecule has 0 saturated carbocycles. The fourth-order valence-electron chi connectivity index (χ4n) is 1.12. The van der Waals surface area contributed by atoms with Crippen LogP contribution in [0.15, 0.2) is 29.2 Å². The lowest BCUT2D eigenvalue weighted by atomic mass is 10.3. The van der Waals surface area contributed by atoms with Crippen LogP contribution in [0, 0.1) is 0 Å². The van der Waals surface area contributed by atoms with Gasteiger partial charge in [-0.2, -0.15) is 8.78 Å². The highest BCUT2D eigenvalue weighted by Gasteiger charge is 2.11. The van der Waals surface area contributed by atoms with Crippen LogP contribution in [0.2, 0.25) is 0 Å². The molecule has 17 heavy (non-hydrogen) atoms. The highest BCUT2D eigenvalue weighted by atomic mass is 32.2. The topological polar surface area (TPSA) is 55.1 Å². The summed E-state index contributed by atoms with van der Waals surface area (Å²) in [6.07, 6.45) is -0.108. The van der Waals surface area contributed by atoms with Crippen molar-refractivity contribution in [1.82, 2.24) is 0 Å². The zero-order valence-corrected chi connectivity index (χ0v) is 10.3. The number of hydrogen-bond acceptors (Lipinski definition) is 3. The van der Waals surface area contributed by atoms with E-state index in [2.05, 4.69) is 17.5 Å². The third kappa shape index (κ3) is 5.10. The van der Waals surface area contributed by atoms with Crippen molar-refractivity contribution in [3.8, 4) is 0 Å². The smallest absolute Gasteiger partial charge is 0.288 e. The summed E-state index contributed by atoms with van der Waals surface area (Å²) in [7, 11) is 0. The van der Waals surface area contributed by atoms with Gasteiger partial charge >= 0.3 is 0 Å². The first kappa shape index (κ1) is 13.9. The largest absolute Gasteiger partial charge is 0.393 e. The van der Waals surface area contributed by atoms with Crippen molar-refractivity contribution in [1.29, 1.82) is 0 Å². The predicted molar refractivity (Wildman–Crippen MR) is 68.3 cm³/mol. The van der Waals surface area contributed by atoms with Crippen molar-refractivity contribution >= 4 is 40.6 Å². The number of rotatable bonds is 5. The lowest BCUT2D eigenvalue weighted by Crippen LogP contribution is -2.20. The Morgan fingerprint density at radius 1 is 1.47 bits per heavy atom. The summed E-state index contributed by atoms with van der Waals surface area (Å²) in [5.41, 5.74) is 5.54. The summed E-state index contributed by atoms with van der Waals surface area (Å²) in [6, 6.07) is 6.31. The molecule has 92 valence electrons. The summed E-state index contributed by atoms with van der Waals surface area (Å²) in [5, 5.41) is 2.49. The number of anilines is 1. The summed E-state index contributed by atoms with van der Waals surface area (Å²) in [6.45, 7) is 0. The number of thioether (sulfide) groups is 1. The first-order valence-electron chi connectivity index (χ1n) is 4.61. The van der Waals surface area contributed by atoms with E-state index in [0.717, 1.165) is 0 Å². The lowest BCUT2D eigenvalue weighted by Gasteiger charge is -2.09. The monoisotopic (exact) mass is 276 g/mol. The number of alkyl halides is 2. The third-order valence-corrected chi connectivity index (χ3v) is 2.64. The molecule has 0 bridgehead atoms. The highest BCUT2D eigenvalue weighted by molar-refractivity contribution is 7.99. The molecule has 0 atom stereocenters. The Labute approximate surface area is 107 Å². The standard InChI is InChI=1S/C10H10F2N2OS2/c11-10(12)17-7-4-2-1-3-6(7)14-9(15)5-8(13)16/h1-4,10H,5H2,(H2,13,16)(H,14,15). The van der Waals surface area contributed by atoms with E-state index >= 15 is 0 Å². The molecule has 3 nitrogen and oxygen atoms in total. The average Bonchev–Trinajstić information content (AvgIpc) is 2.18. The van der Waals surface area contributed by atoms with Gasteiger partial charge in [-0.25, -0.2) is 0 Å². The molecular formula is C10H10F2N2OS2. The van der Waals surface area contributed by atoms with E-state index in [0.29, 0.717) is 22.3 Å². The van der Waals surface area contributed by atoms with E-state index in [4.69, 9.17) is 5.73 Å². The van der Waals surface area contributed by atoms with Crippen LogP contribution >= 0.6 is 24.0 Å². The third-order valence-electron chi connectivity index (χ3n) is 1.71. The van der Waals surface area contributed by atoms with Crippen LogP contribution in [0.5, 0.6) is 0 Å². The van der Waals surface area contributed by atoms with Crippen LogP contribution in [-0.4, -0.2) is 16.7 Å². The second-order valence-corrected chi connectivity index (χ2v) is 4.62. The van der Waals surface area contributed by atoms with E-state index in [1.807, 2.05) is 0 Å². The number of halogens is 2. The van der Waals surface area contributed by atoms with Gasteiger partial charge in [0.05, 0.1) is 17.1 Å². The van der Waals surface area contributed by atoms with Crippen molar-refractivity contribution in [2.45, 2.75) is 17.1 Å². The van der Waals surface area contributed by atoms with Gasteiger partial charge in [-0.1, -0.05) is 36.1 Å². The summed E-state index contributed by atoms with van der Waals surface area (Å²) in [4.78, 5) is 11.7. The van der Waals surface area contributed by atoms with E-state index in [-0.39, 0.29) is 11.4 Å². The van der Waals surface area contributed by atoms with E-state index in [1.54, 1.807) is 18.2 Å². The predicted octanol–water partition coefficient (Wildman–Crippen LogP) is 2.62. The van der Waals surface area contributed by atoms with Crippen molar-refractivity contribution in [2.24, 2.45) is 5.73 Å². The van der Waals surface area contributed by atoms with Gasteiger partial charge < -0.3 is 11.1 Å². The van der Waals surface area contributed by atoms with Crippen molar-refractivity contribution in [3.63, 3.8) is 0 Å². The van der Waals surface area contributed by atoms with Crippen molar-refractivity contribution in [2.75, 3.05) is 5.32 Å². The second-order valence-electron chi connectivity index (χ2n) is 3.07. The number of hydrogen-bond donors (Lipinski definition) is 2. The molecule has 1 aromatic carbocycles. The number of thiocarbonyl (C=S) groups is 1. The maximum Gasteiger partial charge on any atom is 0.288 e. The van der Waals surface area contributed by atoms with Crippen LogP contribution in [0.25, 0.3) is 0 Å². The summed E-state index contributed by atoms with van der Waals surface area (Å²) in [5.74, 6) is -2.96. The molecule has 1 aromatic rings. The van der Waals surface area contributed by atoms with Gasteiger partial charge in [0.15, 0.2) is 0 Å². The Bertz CT molecular complexity index is 427. The maximum absolute atomic E-state index is 12.3. The van der Waals surface area contributed by atoms with E-state index < -0.39 is 11.7 Å². The number of para-hydroxylation sites is 1. The molecule has 0 aliphatic heterocycles. The average molecular weight is 276 g/mol. The first-order valence-corrected chi connectivity index (χ1v) is 5.90. The van der Waals surface area contributed by atoms with Gasteiger partial charge in [-0.15, -0.1) is 0 Å². The minimum atomic E-state index is -2.54. The highest BCUT2D eigenvalue weighted by Crippen LogP contribution is 2.31. The molecule has 0 heterocycles. The number of carbonyl (C=O) groups is 1. The Hall–Kier alpha value is -1.21. The quantitative estimate of drug-likeness (QED) is 0.641. The fraction of sp³-hybridized carbons (Fsp3) is 0.200. The molecule has 0 aliphatic carbocycles. The fourth-order valence-corrected chi connectivity index (χ4v) is 1.85. The molecule has 0 radical (unpaired) electrons. The number of amides is 1. The van der Waals surface area contributed by atoms with E-state index in [1.165, 1.54) is 6.07 Å². The molecule has 0 aromatic heterocycles. The number of nitrogens with one attached hydrogen (secondary N) is 1. The molecule has 7 heteroatoms. The maximum atomic E-state index is 12.3. The molecule has 0 unspecified atom stereocenters. The Balaban J connectivity index is 2.76. The Kier molecular flexibility index (Phi) is 5.30. The number of benzene rings is 1. The second kappa shape index (κ2) is 6.51. The van der Waals surface area contributed by atoms with Gasteiger partial charge in [-0.05, 0) is 12.1 Å². The molecule has 0 spiro atoms. The van der Waals surface area contributed by atoms with Crippen LogP contribution < -0.4 is 11.1 Å². The van der Waals surface area contributed by atoms with Crippen molar-refractivity contribution < 1.29 is 13.6 Å². The summed E-state index contributed by atoms with van der Waals surface area (Å²) < 4.78 is 24.5. The normalized spacial score (nSPS) is 10.3. The molecule has 0 aliphatic rings. The van der Waals surface area contributed by atoms with Crippen molar-refractivity contribution in [3.05, 3.63) is 24.3 Å². The molecule has 1 rings (SSSR count). The minimum Gasteiger partial charge on any atom is -0.393 e. The summed E-state index contributed by atoms with van der Waals surface area (Å²) >= 11 is 4.96. The van der Waals surface area contributed by atoms with Gasteiger partial charge in [0, 0.05) is 4.90 Å². The van der Waals surface area contributed by atoms with Crippen LogP contribution in [0.4, 0.5) is 14.5 Å². The molecule has 3 N–H and O–H groups in total. The molecule has 1 amide bonds. The zero-order chi connectivity index (χ0) is 12.8. The van der Waals surface area contributed by atoms with E-state index in [9.17, 15) is 13.6 Å². The molecule has 0 saturated heterocycles. The van der Waals surface area contributed by atoms with Gasteiger partial charge in [0.2, 0.25) is 5.91 Å². The van der Waals surface area contributed by atoms with Crippen LogP contribution in [-0.2, 0) is 4.79 Å². The SMILES string of the molecule is NC(=S)CC(=O)Nc1ccccc1SC(F)F. The van der Waals surface area contributed by atoms with Gasteiger partial charge in [0.25, 0.3) is 5.76 Å². The molecule has 0 fully saturated rings. The lowest BCUT2D eigenvalue weighted by molar-refractivity contribution is -0.115.